The van der Waals surface area contributed by atoms with Crippen molar-refractivity contribution < 1.29 is 13.9 Å². The number of carbonyl (C=O) groups is 1. The van der Waals surface area contributed by atoms with Crippen LogP contribution in [0.25, 0.3) is 11.5 Å². The number of rotatable bonds is 7. The largest absolute Gasteiger partial charge is 0.477 e. The van der Waals surface area contributed by atoms with Gasteiger partial charge < -0.3 is 14.1 Å². The highest BCUT2D eigenvalue weighted by molar-refractivity contribution is 5.96. The Morgan fingerprint density at radius 1 is 1.15 bits per heavy atom. The van der Waals surface area contributed by atoms with E-state index in [0.29, 0.717) is 29.8 Å². The number of hydrogen-bond donors (Lipinski definition) is 0. The molecular weight excluding hydrogens is 344 g/mol. The Morgan fingerprint density at radius 2 is 1.93 bits per heavy atom. The molecular formula is C20H22N4O3. The fourth-order valence-electron chi connectivity index (χ4n) is 2.61. The lowest BCUT2D eigenvalue weighted by molar-refractivity contribution is 0.0667. The molecule has 2 heterocycles. The van der Waals surface area contributed by atoms with Gasteiger partial charge >= 0.3 is 0 Å². The van der Waals surface area contributed by atoms with Crippen LogP contribution in [0.5, 0.6) is 5.88 Å². The Bertz CT molecular complexity index is 893. The molecule has 0 saturated carbocycles. The number of benzene rings is 1. The van der Waals surface area contributed by atoms with Crippen LogP contribution in [0.2, 0.25) is 0 Å². The monoisotopic (exact) mass is 366 g/mol. The molecule has 2 aromatic heterocycles. The molecule has 0 saturated heterocycles. The molecule has 0 aliphatic carbocycles. The molecule has 1 amide bonds. The van der Waals surface area contributed by atoms with Crippen LogP contribution in [-0.4, -0.2) is 38.6 Å². The third kappa shape index (κ3) is 4.31. The highest BCUT2D eigenvalue weighted by Gasteiger charge is 2.25. The number of carbonyl (C=O) groups excluding carboxylic acids is 1. The van der Waals surface area contributed by atoms with Crippen LogP contribution < -0.4 is 4.74 Å². The van der Waals surface area contributed by atoms with Crippen molar-refractivity contribution in [1.82, 2.24) is 20.1 Å². The number of pyridine rings is 1. The number of aromatic nitrogens is 3. The van der Waals surface area contributed by atoms with Crippen LogP contribution in [0.1, 0.15) is 37.0 Å². The fraction of sp³-hybridized carbons (Fsp3) is 0.300. The van der Waals surface area contributed by atoms with E-state index in [-0.39, 0.29) is 18.5 Å². The van der Waals surface area contributed by atoms with Gasteiger partial charge in [0.05, 0.1) is 13.2 Å². The van der Waals surface area contributed by atoms with E-state index in [0.717, 1.165) is 5.56 Å². The second-order valence-corrected chi connectivity index (χ2v) is 6.18. The zero-order valence-electron chi connectivity index (χ0n) is 15.6. The van der Waals surface area contributed by atoms with Crippen LogP contribution in [0.4, 0.5) is 0 Å². The van der Waals surface area contributed by atoms with Crippen LogP contribution in [-0.2, 0) is 6.54 Å². The van der Waals surface area contributed by atoms with Gasteiger partial charge in [0.2, 0.25) is 17.7 Å². The Kier molecular flexibility index (Phi) is 5.80. The van der Waals surface area contributed by atoms with E-state index in [4.69, 9.17) is 9.15 Å². The van der Waals surface area contributed by atoms with Gasteiger partial charge in [-0.1, -0.05) is 18.2 Å². The summed E-state index contributed by atoms with van der Waals surface area (Å²) in [6, 6.07) is 12.9. The SMILES string of the molecule is CCOc1ncccc1C(=O)N(Cc1nnc(-c2ccccc2)o1)C(C)C. The van der Waals surface area contributed by atoms with Gasteiger partial charge in [0.15, 0.2) is 0 Å². The zero-order valence-corrected chi connectivity index (χ0v) is 15.6. The van der Waals surface area contributed by atoms with Gasteiger partial charge in [-0.25, -0.2) is 4.98 Å². The normalized spacial score (nSPS) is 10.8. The second kappa shape index (κ2) is 8.44. The van der Waals surface area contributed by atoms with Gasteiger partial charge in [-0.15, -0.1) is 10.2 Å². The maximum absolute atomic E-state index is 13.1. The van der Waals surface area contributed by atoms with E-state index >= 15 is 0 Å². The van der Waals surface area contributed by atoms with Crippen molar-refractivity contribution in [3.8, 4) is 17.3 Å². The van der Waals surface area contributed by atoms with Crippen molar-refractivity contribution in [2.24, 2.45) is 0 Å². The summed E-state index contributed by atoms with van der Waals surface area (Å²) < 4.78 is 11.2. The molecule has 0 bridgehead atoms. The predicted molar refractivity (Wildman–Crippen MR) is 100 cm³/mol. The molecule has 1 aromatic carbocycles. The van der Waals surface area contributed by atoms with Crippen molar-refractivity contribution in [3.05, 3.63) is 60.1 Å². The van der Waals surface area contributed by atoms with Gasteiger partial charge in [0.1, 0.15) is 5.56 Å². The molecule has 0 atom stereocenters. The Labute approximate surface area is 158 Å². The van der Waals surface area contributed by atoms with Gasteiger partial charge in [-0.2, -0.15) is 0 Å². The topological polar surface area (TPSA) is 81.4 Å². The Balaban J connectivity index is 1.83. The van der Waals surface area contributed by atoms with Crippen LogP contribution in [0.3, 0.4) is 0 Å². The summed E-state index contributed by atoms with van der Waals surface area (Å²) in [6.45, 7) is 6.36. The van der Waals surface area contributed by atoms with Crippen molar-refractivity contribution in [2.45, 2.75) is 33.4 Å². The van der Waals surface area contributed by atoms with Crippen LogP contribution in [0.15, 0.2) is 53.1 Å². The summed E-state index contributed by atoms with van der Waals surface area (Å²) in [6.07, 6.45) is 1.60. The van der Waals surface area contributed by atoms with Crippen molar-refractivity contribution >= 4 is 5.91 Å². The molecule has 0 aliphatic heterocycles. The lowest BCUT2D eigenvalue weighted by Gasteiger charge is -2.25. The maximum atomic E-state index is 13.1. The number of hydrogen-bond acceptors (Lipinski definition) is 6. The number of amides is 1. The second-order valence-electron chi connectivity index (χ2n) is 6.18. The molecule has 27 heavy (non-hydrogen) atoms. The fourth-order valence-corrected chi connectivity index (χ4v) is 2.61. The highest BCUT2D eigenvalue weighted by Crippen LogP contribution is 2.22. The smallest absolute Gasteiger partial charge is 0.260 e. The van der Waals surface area contributed by atoms with Crippen LogP contribution in [0, 0.1) is 0 Å². The first-order chi connectivity index (χ1) is 13.1. The van der Waals surface area contributed by atoms with Crippen molar-refractivity contribution in [1.29, 1.82) is 0 Å². The first-order valence-corrected chi connectivity index (χ1v) is 8.86. The molecule has 0 radical (unpaired) electrons. The average Bonchev–Trinajstić information content (AvgIpc) is 3.15. The van der Waals surface area contributed by atoms with E-state index in [9.17, 15) is 4.79 Å². The van der Waals surface area contributed by atoms with Gasteiger partial charge in [-0.05, 0) is 45.0 Å². The summed E-state index contributed by atoms with van der Waals surface area (Å²) in [4.78, 5) is 18.9. The van der Waals surface area contributed by atoms with E-state index < -0.39 is 0 Å². The number of nitrogens with zero attached hydrogens (tertiary/aromatic N) is 4. The van der Waals surface area contributed by atoms with Gasteiger partial charge in [-0.3, -0.25) is 4.79 Å². The Morgan fingerprint density at radius 3 is 2.63 bits per heavy atom. The molecule has 0 unspecified atom stereocenters. The minimum atomic E-state index is -0.194. The first-order valence-electron chi connectivity index (χ1n) is 8.86. The molecule has 7 nitrogen and oxygen atoms in total. The van der Waals surface area contributed by atoms with E-state index in [1.807, 2.05) is 51.1 Å². The summed E-state index contributed by atoms with van der Waals surface area (Å²) in [5.41, 5.74) is 1.25. The predicted octanol–water partition coefficient (Wildman–Crippen LogP) is 3.58. The summed E-state index contributed by atoms with van der Waals surface area (Å²) >= 11 is 0. The summed E-state index contributed by atoms with van der Waals surface area (Å²) in [5, 5.41) is 8.18. The van der Waals surface area contributed by atoms with E-state index in [1.165, 1.54) is 0 Å². The standard InChI is InChI=1S/C20H22N4O3/c1-4-26-19-16(11-8-12-21-19)20(25)24(14(2)3)13-17-22-23-18(27-17)15-9-6-5-7-10-15/h5-12,14H,4,13H2,1-3H3. The van der Waals surface area contributed by atoms with Gasteiger partial charge in [0.25, 0.3) is 5.91 Å². The third-order valence-corrected chi connectivity index (χ3v) is 3.96. The lowest BCUT2D eigenvalue weighted by Crippen LogP contribution is -2.36. The van der Waals surface area contributed by atoms with Crippen molar-refractivity contribution in [3.63, 3.8) is 0 Å². The molecule has 7 heteroatoms. The van der Waals surface area contributed by atoms with E-state index in [1.54, 1.807) is 23.2 Å². The van der Waals surface area contributed by atoms with Gasteiger partial charge in [0, 0.05) is 17.8 Å². The number of ether oxygens (including phenoxy) is 1. The summed E-state index contributed by atoms with van der Waals surface area (Å²) in [5.74, 6) is 0.933. The molecule has 3 aromatic rings. The molecule has 140 valence electrons. The highest BCUT2D eigenvalue weighted by atomic mass is 16.5. The minimum absolute atomic E-state index is 0.0701. The molecule has 0 N–H and O–H groups in total. The first kappa shape index (κ1) is 18.6. The third-order valence-electron chi connectivity index (χ3n) is 3.96. The lowest BCUT2D eigenvalue weighted by atomic mass is 10.2. The molecule has 0 aliphatic rings. The quantitative estimate of drug-likeness (QED) is 0.636. The average molecular weight is 366 g/mol. The van der Waals surface area contributed by atoms with Crippen molar-refractivity contribution in [2.75, 3.05) is 6.61 Å². The zero-order chi connectivity index (χ0) is 19.2. The maximum Gasteiger partial charge on any atom is 0.260 e. The minimum Gasteiger partial charge on any atom is -0.477 e. The Hall–Kier alpha value is -3.22. The molecule has 0 spiro atoms. The molecule has 0 fully saturated rings. The van der Waals surface area contributed by atoms with Crippen LogP contribution >= 0.6 is 0 Å². The summed E-state index contributed by atoms with van der Waals surface area (Å²) in [7, 11) is 0. The molecule has 3 rings (SSSR count). The van der Waals surface area contributed by atoms with E-state index in [2.05, 4.69) is 15.2 Å².